The van der Waals surface area contributed by atoms with Gasteiger partial charge in [-0.3, -0.25) is 14.4 Å². The number of alkyl halides is 2. The van der Waals surface area contributed by atoms with Crippen molar-refractivity contribution in [3.63, 3.8) is 0 Å². The molecule has 8 heteroatoms. The molecule has 1 aromatic carbocycles. The number of ketones is 2. The lowest BCUT2D eigenvalue weighted by molar-refractivity contribution is -0.171. The summed E-state index contributed by atoms with van der Waals surface area (Å²) in [4.78, 5) is 37.4. The molecule has 1 heterocycles. The normalized spacial score (nSPS) is 23.2. The number of esters is 1. The molecule has 3 rings (SSSR count). The number of carbonyl (C=O) groups excluding carboxylic acids is 3. The number of hydrogen-bond acceptors (Lipinski definition) is 6. The zero-order valence-electron chi connectivity index (χ0n) is 24.4. The van der Waals surface area contributed by atoms with Gasteiger partial charge in [0.05, 0.1) is 6.61 Å². The van der Waals surface area contributed by atoms with Gasteiger partial charge in [0, 0.05) is 38.2 Å². The molecule has 228 valence electrons. The third-order valence-corrected chi connectivity index (χ3v) is 8.14. The van der Waals surface area contributed by atoms with Crippen molar-refractivity contribution in [2.24, 2.45) is 17.8 Å². The fourth-order valence-corrected chi connectivity index (χ4v) is 5.68. The monoisotopic (exact) mass is 576 g/mol. The third-order valence-electron chi connectivity index (χ3n) is 8.14. The van der Waals surface area contributed by atoms with E-state index in [2.05, 4.69) is 0 Å². The lowest BCUT2D eigenvalue weighted by Gasteiger charge is -2.27. The quantitative estimate of drug-likeness (QED) is 0.103. The Labute approximate surface area is 243 Å². The second kappa shape index (κ2) is 17.5. The summed E-state index contributed by atoms with van der Waals surface area (Å²) in [7, 11) is 0. The van der Waals surface area contributed by atoms with E-state index in [9.17, 15) is 23.2 Å². The fraction of sp³-hybridized carbons (Fsp3) is 0.667. The van der Waals surface area contributed by atoms with Gasteiger partial charge in [-0.25, -0.2) is 0 Å². The number of hydrogen-bond donors (Lipinski definition) is 0. The van der Waals surface area contributed by atoms with Crippen LogP contribution in [0.4, 0.5) is 8.78 Å². The van der Waals surface area contributed by atoms with Gasteiger partial charge in [0.15, 0.2) is 6.29 Å². The molecule has 2 unspecified atom stereocenters. The second-order valence-electron chi connectivity index (χ2n) is 11.3. The Morgan fingerprint density at radius 3 is 2.63 bits per heavy atom. The van der Waals surface area contributed by atoms with E-state index in [1.807, 2.05) is 49.4 Å². The lowest BCUT2D eigenvalue weighted by atomic mass is 9.82. The first-order chi connectivity index (χ1) is 19.8. The van der Waals surface area contributed by atoms with Crippen LogP contribution in [0.5, 0.6) is 0 Å². The average Bonchev–Trinajstić information content (AvgIpc) is 3.28. The van der Waals surface area contributed by atoms with E-state index in [0.29, 0.717) is 58.2 Å². The molecule has 1 aliphatic heterocycles. The molecule has 4 atom stereocenters. The van der Waals surface area contributed by atoms with Gasteiger partial charge >= 0.3 is 11.9 Å². The van der Waals surface area contributed by atoms with E-state index in [1.165, 1.54) is 0 Å². The van der Waals surface area contributed by atoms with Crippen LogP contribution in [0.1, 0.15) is 96.0 Å². The Balaban J connectivity index is 1.49. The first-order valence-corrected chi connectivity index (χ1v) is 15.3. The van der Waals surface area contributed by atoms with Crippen molar-refractivity contribution < 1.29 is 37.4 Å². The molecular weight excluding hydrogens is 530 g/mol. The van der Waals surface area contributed by atoms with Crippen molar-refractivity contribution in [1.82, 2.24) is 0 Å². The Kier molecular flexibility index (Phi) is 14.1. The van der Waals surface area contributed by atoms with Crippen molar-refractivity contribution in [3.05, 3.63) is 48.0 Å². The number of halogens is 2. The predicted molar refractivity (Wildman–Crippen MR) is 152 cm³/mol. The summed E-state index contributed by atoms with van der Waals surface area (Å²) in [6.45, 7) is 3.05. The highest BCUT2D eigenvalue weighted by Crippen LogP contribution is 2.41. The number of allylic oxidation sites excluding steroid dienone is 2. The van der Waals surface area contributed by atoms with Crippen LogP contribution in [0, 0.1) is 17.8 Å². The van der Waals surface area contributed by atoms with Crippen molar-refractivity contribution >= 4 is 17.5 Å². The summed E-state index contributed by atoms with van der Waals surface area (Å²) in [6, 6.07) is 9.51. The van der Waals surface area contributed by atoms with Crippen molar-refractivity contribution in [2.45, 2.75) is 109 Å². The topological polar surface area (TPSA) is 78.9 Å². The minimum Gasteiger partial charge on any atom is -0.461 e. The molecule has 1 aromatic rings. The Morgan fingerprint density at radius 1 is 1.10 bits per heavy atom. The van der Waals surface area contributed by atoms with Crippen LogP contribution < -0.4 is 0 Å². The summed E-state index contributed by atoms with van der Waals surface area (Å²) in [5.74, 6) is -5.17. The van der Waals surface area contributed by atoms with Gasteiger partial charge < -0.3 is 14.2 Å². The Morgan fingerprint density at radius 2 is 1.90 bits per heavy atom. The standard InChI is InChI=1S/C33H46F2O6/c1-2-3-20-33(34,35)30(37)19-18-27-26(24-41-32-17-11-12-21-39-32)22-29(36)28(27)15-9-4-5-10-16-31(38)40-23-25-13-7-6-8-14-25/h4,6-9,13-14,26-28,32H,2-3,5,10-12,15-24H2,1H3/b9-4-/t26?,27-,28+,32?/m0/s1. The van der Waals surface area contributed by atoms with E-state index in [4.69, 9.17) is 14.2 Å². The minimum absolute atomic E-state index is 0.0903. The van der Waals surface area contributed by atoms with E-state index >= 15 is 0 Å². The molecule has 0 N–H and O–H groups in total. The van der Waals surface area contributed by atoms with Crippen LogP contribution in [-0.2, 0) is 35.2 Å². The maximum atomic E-state index is 14.4. The number of rotatable bonds is 18. The molecule has 0 aromatic heterocycles. The summed E-state index contributed by atoms with van der Waals surface area (Å²) < 4.78 is 45.6. The highest BCUT2D eigenvalue weighted by atomic mass is 19.3. The van der Waals surface area contributed by atoms with Gasteiger partial charge in [0.1, 0.15) is 12.4 Å². The van der Waals surface area contributed by atoms with Gasteiger partial charge in [-0.1, -0.05) is 55.8 Å². The van der Waals surface area contributed by atoms with E-state index < -0.39 is 18.1 Å². The molecule has 6 nitrogen and oxygen atoms in total. The summed E-state index contributed by atoms with van der Waals surface area (Å²) in [5.41, 5.74) is 0.942. The molecule has 0 amide bonds. The molecule has 0 spiro atoms. The summed E-state index contributed by atoms with van der Waals surface area (Å²) in [6.07, 6.45) is 9.33. The zero-order chi connectivity index (χ0) is 29.5. The van der Waals surface area contributed by atoms with Crippen molar-refractivity contribution in [2.75, 3.05) is 13.2 Å². The highest BCUT2D eigenvalue weighted by molar-refractivity contribution is 5.86. The third kappa shape index (κ3) is 11.4. The Hall–Kier alpha value is -2.45. The van der Waals surface area contributed by atoms with Gasteiger partial charge in [-0.15, -0.1) is 0 Å². The van der Waals surface area contributed by atoms with Gasteiger partial charge in [-0.2, -0.15) is 8.78 Å². The highest BCUT2D eigenvalue weighted by Gasteiger charge is 2.44. The number of unbranched alkanes of at least 4 members (excludes halogenated alkanes) is 2. The van der Waals surface area contributed by atoms with Crippen LogP contribution in [-0.4, -0.2) is 43.0 Å². The smallest absolute Gasteiger partial charge is 0.306 e. The van der Waals surface area contributed by atoms with Crippen molar-refractivity contribution in [1.29, 1.82) is 0 Å². The van der Waals surface area contributed by atoms with E-state index in [0.717, 1.165) is 24.8 Å². The maximum Gasteiger partial charge on any atom is 0.306 e. The van der Waals surface area contributed by atoms with Gasteiger partial charge in [0.25, 0.3) is 0 Å². The van der Waals surface area contributed by atoms with E-state index in [-0.39, 0.29) is 55.2 Å². The number of Topliss-reactive ketones (excluding diaryl/α,β-unsaturated/α-hetero) is 2. The average molecular weight is 577 g/mol. The predicted octanol–water partition coefficient (Wildman–Crippen LogP) is 7.39. The molecule has 1 saturated heterocycles. The largest absolute Gasteiger partial charge is 0.461 e. The van der Waals surface area contributed by atoms with Crippen LogP contribution in [0.2, 0.25) is 0 Å². The number of ether oxygens (including phenoxy) is 3. The molecular formula is C33H46F2O6. The molecule has 0 bridgehead atoms. The number of benzene rings is 1. The van der Waals surface area contributed by atoms with Crippen molar-refractivity contribution in [3.8, 4) is 0 Å². The fourth-order valence-electron chi connectivity index (χ4n) is 5.68. The van der Waals surface area contributed by atoms with E-state index in [1.54, 1.807) is 0 Å². The molecule has 41 heavy (non-hydrogen) atoms. The lowest BCUT2D eigenvalue weighted by Crippen LogP contribution is -2.31. The molecule has 2 aliphatic rings. The van der Waals surface area contributed by atoms with Gasteiger partial charge in [-0.05, 0) is 68.8 Å². The summed E-state index contributed by atoms with van der Waals surface area (Å²) in [5, 5.41) is 0. The van der Waals surface area contributed by atoms with Crippen LogP contribution in [0.3, 0.4) is 0 Å². The molecule has 1 aliphatic carbocycles. The summed E-state index contributed by atoms with van der Waals surface area (Å²) >= 11 is 0. The molecule has 2 fully saturated rings. The SMILES string of the molecule is CCCCC(F)(F)C(=O)CC[C@H]1C(COC2CCCCO2)CC(=O)[C@@H]1C/C=C\CCCC(=O)OCc1ccccc1. The molecule has 0 radical (unpaired) electrons. The van der Waals surface area contributed by atoms with Gasteiger partial charge in [0.2, 0.25) is 5.78 Å². The van der Waals surface area contributed by atoms with Crippen LogP contribution in [0.25, 0.3) is 0 Å². The second-order valence-corrected chi connectivity index (χ2v) is 11.3. The molecule has 1 saturated carbocycles. The zero-order valence-corrected chi connectivity index (χ0v) is 24.4. The van der Waals surface area contributed by atoms with Crippen LogP contribution >= 0.6 is 0 Å². The number of carbonyl (C=O) groups is 3. The Bertz CT molecular complexity index is 973. The minimum atomic E-state index is -3.32. The maximum absolute atomic E-state index is 14.4. The first-order valence-electron chi connectivity index (χ1n) is 15.3. The first kappa shape index (κ1) is 33.1. The van der Waals surface area contributed by atoms with Crippen LogP contribution in [0.15, 0.2) is 42.5 Å².